The summed E-state index contributed by atoms with van der Waals surface area (Å²) in [6.45, 7) is 2.10. The first kappa shape index (κ1) is 26.8. The molecule has 3 saturated carbocycles. The Morgan fingerprint density at radius 1 is 1.12 bits per heavy atom. The molecule has 4 heterocycles. The quantitative estimate of drug-likeness (QED) is 0.392. The number of benzene rings is 1. The van der Waals surface area contributed by atoms with Crippen LogP contribution in [0.25, 0.3) is 11.0 Å². The zero-order valence-corrected chi connectivity index (χ0v) is 24.1. The zero-order chi connectivity index (χ0) is 29.3. The van der Waals surface area contributed by atoms with E-state index in [1.54, 1.807) is 24.3 Å². The third-order valence-corrected chi connectivity index (χ3v) is 10.8. The number of aryl methyl sites for hydroxylation is 1. The molecule has 0 radical (unpaired) electrons. The number of rotatable bonds is 6. The zero-order valence-electron chi connectivity index (χ0n) is 23.2. The van der Waals surface area contributed by atoms with Gasteiger partial charge in [0.25, 0.3) is 10.0 Å². The van der Waals surface area contributed by atoms with Crippen molar-refractivity contribution in [1.29, 1.82) is 0 Å². The molecule has 2 aliphatic heterocycles. The number of hydrazine groups is 2. The van der Waals surface area contributed by atoms with Crippen LogP contribution < -0.4 is 15.8 Å². The van der Waals surface area contributed by atoms with E-state index in [2.05, 4.69) is 15.8 Å². The van der Waals surface area contributed by atoms with Crippen LogP contribution in [0.2, 0.25) is 0 Å². The molecule has 0 saturated heterocycles. The van der Waals surface area contributed by atoms with Crippen LogP contribution in [0.3, 0.4) is 0 Å². The smallest absolute Gasteiger partial charge is 0.308 e. The maximum Gasteiger partial charge on any atom is 0.308 e. The van der Waals surface area contributed by atoms with Gasteiger partial charge in [0.2, 0.25) is 0 Å². The minimum absolute atomic E-state index is 0.0972. The molecule has 0 amide bonds. The van der Waals surface area contributed by atoms with Gasteiger partial charge in [-0.05, 0) is 62.6 Å². The lowest BCUT2D eigenvalue weighted by atomic mass is 9.62. The predicted molar refractivity (Wildman–Crippen MR) is 153 cm³/mol. The van der Waals surface area contributed by atoms with Crippen LogP contribution in [0.15, 0.2) is 71.4 Å². The summed E-state index contributed by atoms with van der Waals surface area (Å²) >= 11 is 0. The molecular formula is C29H32FN7O4S. The number of hydrogen-bond donors (Lipinski definition) is 3. The molecule has 5 aliphatic rings. The van der Waals surface area contributed by atoms with E-state index in [1.165, 1.54) is 12.3 Å². The number of aromatic nitrogens is 2. The summed E-state index contributed by atoms with van der Waals surface area (Å²) < 4.78 is 43.2. The highest BCUT2D eigenvalue weighted by molar-refractivity contribution is 7.90. The van der Waals surface area contributed by atoms with Crippen LogP contribution in [-0.4, -0.2) is 58.2 Å². The van der Waals surface area contributed by atoms with Gasteiger partial charge in [-0.15, -0.1) is 0 Å². The average Bonchev–Trinajstić information content (AvgIpc) is 3.54. The number of fused-ring (bicyclic) bond motifs is 5. The fourth-order valence-electron chi connectivity index (χ4n) is 6.96. The SMILES string of the molecule is Cc1ccc(S(=O)(=O)n2cc(N3C=C4C(=CNN4C)N(NC4C5CCC(CC5)C4C(=O)O)C3)c3cc(F)cnc32)cc1. The van der Waals surface area contributed by atoms with Crippen molar-refractivity contribution < 1.29 is 22.7 Å². The number of carboxylic acid groups (broad SMARTS) is 1. The van der Waals surface area contributed by atoms with Gasteiger partial charge < -0.3 is 15.4 Å². The number of anilines is 1. The first-order valence-electron chi connectivity index (χ1n) is 14.1. The third-order valence-electron chi connectivity index (χ3n) is 9.14. The molecule has 3 aromatic rings. The van der Waals surface area contributed by atoms with Crippen LogP contribution in [0, 0.1) is 30.5 Å². The van der Waals surface area contributed by atoms with Crippen molar-refractivity contribution in [3.05, 3.63) is 77.9 Å². The maximum atomic E-state index is 14.6. The van der Waals surface area contributed by atoms with Crippen LogP contribution >= 0.6 is 0 Å². The van der Waals surface area contributed by atoms with Crippen molar-refractivity contribution in [2.75, 3.05) is 18.6 Å². The van der Waals surface area contributed by atoms with Crippen molar-refractivity contribution >= 4 is 32.7 Å². The molecule has 8 rings (SSSR count). The number of nitrogens with zero attached hydrogens (tertiary/aromatic N) is 5. The summed E-state index contributed by atoms with van der Waals surface area (Å²) in [5.74, 6) is -1.48. The molecule has 3 fully saturated rings. The second kappa shape index (κ2) is 9.73. The summed E-state index contributed by atoms with van der Waals surface area (Å²) in [5.41, 5.74) is 9.84. The molecule has 220 valence electrons. The standard InChI is InChI=1S/C29H32FN7O4S/c1-17-3-9-21(10-4-17)42(40,41)37-15-24(22-11-20(30)12-31-28(22)37)35-14-25-23(13-32-34(25)2)36(16-35)33-27-19-7-5-18(6-8-19)26(27)29(38)39/h3-4,9-15,18-19,26-27,32-33H,5-8,16H2,1-2H3,(H,38,39). The van der Waals surface area contributed by atoms with Gasteiger partial charge >= 0.3 is 5.97 Å². The summed E-state index contributed by atoms with van der Waals surface area (Å²) in [6, 6.07) is 7.58. The van der Waals surface area contributed by atoms with E-state index in [4.69, 9.17) is 0 Å². The number of likely N-dealkylation sites (N-methyl/N-ethyl adjacent to an activating group) is 1. The molecule has 3 aliphatic carbocycles. The largest absolute Gasteiger partial charge is 0.481 e. The van der Waals surface area contributed by atoms with E-state index in [9.17, 15) is 22.7 Å². The molecule has 13 heteroatoms. The van der Waals surface area contributed by atoms with Crippen molar-refractivity contribution in [2.24, 2.45) is 17.8 Å². The van der Waals surface area contributed by atoms with Crippen LogP contribution in [0.4, 0.5) is 10.1 Å². The molecule has 2 bridgehead atoms. The van der Waals surface area contributed by atoms with Crippen molar-refractivity contribution in [2.45, 2.75) is 43.5 Å². The number of carboxylic acids is 1. The monoisotopic (exact) mass is 593 g/mol. The Bertz CT molecular complexity index is 1750. The summed E-state index contributed by atoms with van der Waals surface area (Å²) in [5, 5.41) is 14.2. The highest BCUT2D eigenvalue weighted by Gasteiger charge is 2.48. The number of aliphatic carboxylic acids is 1. The van der Waals surface area contributed by atoms with Gasteiger partial charge in [0.05, 0.1) is 34.1 Å². The highest BCUT2D eigenvalue weighted by atomic mass is 32.2. The number of halogens is 1. The van der Waals surface area contributed by atoms with E-state index >= 15 is 0 Å². The van der Waals surface area contributed by atoms with Gasteiger partial charge in [-0.1, -0.05) is 17.7 Å². The molecular weight excluding hydrogens is 561 g/mol. The Morgan fingerprint density at radius 3 is 2.55 bits per heavy atom. The van der Waals surface area contributed by atoms with Gasteiger partial charge in [-0.3, -0.25) is 14.8 Å². The number of pyridine rings is 1. The van der Waals surface area contributed by atoms with Gasteiger partial charge in [-0.2, -0.15) is 0 Å². The Kier molecular flexibility index (Phi) is 6.21. The van der Waals surface area contributed by atoms with Crippen molar-refractivity contribution in [3.63, 3.8) is 0 Å². The normalized spacial score (nSPS) is 25.4. The van der Waals surface area contributed by atoms with Gasteiger partial charge in [-0.25, -0.2) is 27.2 Å². The lowest BCUT2D eigenvalue weighted by molar-refractivity contribution is -0.151. The van der Waals surface area contributed by atoms with E-state index in [1.807, 2.05) is 41.3 Å². The number of carbonyl (C=O) groups is 1. The molecule has 42 heavy (non-hydrogen) atoms. The van der Waals surface area contributed by atoms with E-state index in [0.717, 1.165) is 52.8 Å². The average molecular weight is 594 g/mol. The predicted octanol–water partition coefficient (Wildman–Crippen LogP) is 3.33. The second-order valence-corrected chi connectivity index (χ2v) is 13.4. The highest BCUT2D eigenvalue weighted by Crippen LogP contribution is 2.46. The van der Waals surface area contributed by atoms with Crippen molar-refractivity contribution in [3.8, 4) is 0 Å². The molecule has 3 N–H and O–H groups in total. The maximum absolute atomic E-state index is 14.6. The first-order chi connectivity index (χ1) is 20.1. The number of hydrogen-bond acceptors (Lipinski definition) is 9. The van der Waals surface area contributed by atoms with E-state index < -0.39 is 27.7 Å². The minimum Gasteiger partial charge on any atom is -0.481 e. The fourth-order valence-corrected chi connectivity index (χ4v) is 8.28. The van der Waals surface area contributed by atoms with E-state index in [-0.39, 0.29) is 35.1 Å². The third kappa shape index (κ3) is 4.21. The Morgan fingerprint density at radius 2 is 1.83 bits per heavy atom. The van der Waals surface area contributed by atoms with Crippen molar-refractivity contribution in [1.82, 2.24) is 29.8 Å². The Hall–Kier alpha value is -4.10. The van der Waals surface area contributed by atoms with Crippen LogP contribution in [-0.2, 0) is 14.8 Å². The Labute approximate surface area is 242 Å². The van der Waals surface area contributed by atoms with Crippen LogP contribution in [0.5, 0.6) is 0 Å². The van der Waals surface area contributed by atoms with Gasteiger partial charge in [0, 0.05) is 37.1 Å². The van der Waals surface area contributed by atoms with E-state index in [0.29, 0.717) is 11.1 Å². The molecule has 1 aromatic carbocycles. The lowest BCUT2D eigenvalue weighted by Gasteiger charge is -2.49. The lowest BCUT2D eigenvalue weighted by Crippen LogP contribution is -2.60. The Balaban J connectivity index is 1.30. The molecule has 2 aromatic heterocycles. The molecule has 2 unspecified atom stereocenters. The first-order valence-corrected chi connectivity index (χ1v) is 15.5. The second-order valence-electron chi connectivity index (χ2n) is 11.6. The molecule has 0 spiro atoms. The number of nitrogens with one attached hydrogen (secondary N) is 2. The summed E-state index contributed by atoms with van der Waals surface area (Å²) in [7, 11) is -2.19. The molecule has 11 nitrogen and oxygen atoms in total. The van der Waals surface area contributed by atoms with Crippen LogP contribution in [0.1, 0.15) is 31.2 Å². The summed E-state index contributed by atoms with van der Waals surface area (Å²) in [4.78, 5) is 18.5. The van der Waals surface area contributed by atoms with Gasteiger partial charge in [0.15, 0.2) is 5.65 Å². The molecule has 2 atom stereocenters. The minimum atomic E-state index is -4.04. The summed E-state index contributed by atoms with van der Waals surface area (Å²) in [6.07, 6.45) is 10.0. The fraction of sp³-hybridized carbons (Fsp3) is 0.379. The topological polar surface area (TPSA) is 123 Å². The van der Waals surface area contributed by atoms with Gasteiger partial charge in [0.1, 0.15) is 12.5 Å².